The Kier molecular flexibility index (Phi) is 2.74. The van der Waals surface area contributed by atoms with Crippen LogP contribution < -0.4 is 5.32 Å². The summed E-state index contributed by atoms with van der Waals surface area (Å²) < 4.78 is 27.9. The zero-order chi connectivity index (χ0) is 12.0. The Morgan fingerprint density at radius 3 is 2.38 bits per heavy atom. The summed E-state index contributed by atoms with van der Waals surface area (Å²) in [6.07, 6.45) is 0. The number of nitrogens with one attached hydrogen (secondary N) is 1. The minimum Gasteiger partial charge on any atom is -0.313 e. The molecular formula is C13H17F2N. The van der Waals surface area contributed by atoms with Gasteiger partial charge in [0, 0.05) is 11.6 Å². The van der Waals surface area contributed by atoms with Crippen LogP contribution in [0.25, 0.3) is 0 Å². The predicted octanol–water partition coefficient (Wildman–Crippen LogP) is 3.29. The topological polar surface area (TPSA) is 12.0 Å². The first-order valence-corrected chi connectivity index (χ1v) is 5.64. The van der Waals surface area contributed by atoms with Crippen molar-refractivity contribution in [3.05, 3.63) is 34.4 Å². The van der Waals surface area contributed by atoms with E-state index in [9.17, 15) is 8.78 Å². The maximum absolute atomic E-state index is 14.1. The van der Waals surface area contributed by atoms with Crippen molar-refractivity contribution in [2.75, 3.05) is 7.05 Å². The Bertz CT molecular complexity index is 428. The van der Waals surface area contributed by atoms with E-state index in [4.69, 9.17) is 0 Å². The molecule has 0 saturated heterocycles. The Labute approximate surface area is 94.9 Å². The maximum atomic E-state index is 14.1. The first-order valence-electron chi connectivity index (χ1n) is 5.64. The van der Waals surface area contributed by atoms with Gasteiger partial charge in [0.05, 0.1) is 0 Å². The van der Waals surface area contributed by atoms with Crippen LogP contribution in [0.2, 0.25) is 0 Å². The van der Waals surface area contributed by atoms with Gasteiger partial charge in [0.25, 0.3) is 0 Å². The SMILES string of the molecule is CNC1c2c(F)c(C)cc(F)c2C(C)C1C. The summed E-state index contributed by atoms with van der Waals surface area (Å²) in [6.45, 7) is 5.60. The van der Waals surface area contributed by atoms with Crippen LogP contribution in [0.1, 0.15) is 42.5 Å². The molecule has 1 aliphatic rings. The molecule has 1 nitrogen and oxygen atoms in total. The first kappa shape index (κ1) is 11.5. The molecule has 16 heavy (non-hydrogen) atoms. The molecule has 1 aromatic carbocycles. The molecule has 2 rings (SSSR count). The largest absolute Gasteiger partial charge is 0.313 e. The van der Waals surface area contributed by atoms with Gasteiger partial charge >= 0.3 is 0 Å². The van der Waals surface area contributed by atoms with Crippen molar-refractivity contribution in [1.29, 1.82) is 0 Å². The molecule has 0 saturated carbocycles. The van der Waals surface area contributed by atoms with Crippen LogP contribution in [0.5, 0.6) is 0 Å². The number of hydrogen-bond acceptors (Lipinski definition) is 1. The highest BCUT2D eigenvalue weighted by Gasteiger charge is 2.39. The van der Waals surface area contributed by atoms with Gasteiger partial charge in [-0.2, -0.15) is 0 Å². The Morgan fingerprint density at radius 1 is 1.19 bits per heavy atom. The van der Waals surface area contributed by atoms with Crippen molar-refractivity contribution >= 4 is 0 Å². The zero-order valence-corrected chi connectivity index (χ0v) is 10.1. The van der Waals surface area contributed by atoms with Crippen LogP contribution in [0.4, 0.5) is 8.78 Å². The number of hydrogen-bond donors (Lipinski definition) is 1. The Balaban J connectivity index is 2.70. The average Bonchev–Trinajstić information content (AvgIpc) is 2.49. The lowest BCUT2D eigenvalue weighted by molar-refractivity contribution is 0.392. The molecule has 3 atom stereocenters. The van der Waals surface area contributed by atoms with Crippen LogP contribution in [0.15, 0.2) is 6.07 Å². The molecule has 88 valence electrons. The molecule has 1 N–H and O–H groups in total. The minimum absolute atomic E-state index is 0.0579. The number of halogens is 2. The van der Waals surface area contributed by atoms with E-state index in [1.807, 2.05) is 13.8 Å². The van der Waals surface area contributed by atoms with Crippen molar-refractivity contribution in [2.24, 2.45) is 5.92 Å². The van der Waals surface area contributed by atoms with Crippen molar-refractivity contribution in [1.82, 2.24) is 5.32 Å². The van der Waals surface area contributed by atoms with Gasteiger partial charge in [-0.05, 0) is 43.0 Å². The van der Waals surface area contributed by atoms with E-state index < -0.39 is 0 Å². The third kappa shape index (κ3) is 1.38. The molecule has 1 aliphatic carbocycles. The van der Waals surface area contributed by atoms with E-state index in [2.05, 4.69) is 5.32 Å². The predicted molar refractivity (Wildman–Crippen MR) is 60.5 cm³/mol. The molecule has 0 fully saturated rings. The number of fused-ring (bicyclic) bond motifs is 1. The third-order valence-corrected chi connectivity index (χ3v) is 3.87. The van der Waals surface area contributed by atoms with Crippen LogP contribution >= 0.6 is 0 Å². The van der Waals surface area contributed by atoms with Gasteiger partial charge in [0.2, 0.25) is 0 Å². The van der Waals surface area contributed by atoms with E-state index in [1.165, 1.54) is 6.07 Å². The minimum atomic E-state index is -0.272. The van der Waals surface area contributed by atoms with Crippen LogP contribution in [-0.2, 0) is 0 Å². The molecular weight excluding hydrogens is 208 g/mol. The lowest BCUT2D eigenvalue weighted by Crippen LogP contribution is -2.21. The normalized spacial score (nSPS) is 28.2. The van der Waals surface area contributed by atoms with Crippen molar-refractivity contribution in [2.45, 2.75) is 32.7 Å². The summed E-state index contributed by atoms with van der Waals surface area (Å²) in [5.74, 6) is -0.258. The molecule has 0 aliphatic heterocycles. The summed E-state index contributed by atoms with van der Waals surface area (Å²) in [5, 5.41) is 3.09. The maximum Gasteiger partial charge on any atom is 0.131 e. The molecule has 0 aromatic heterocycles. The number of aryl methyl sites for hydroxylation is 1. The number of benzene rings is 1. The lowest BCUT2D eigenvalue weighted by atomic mass is 9.94. The summed E-state index contributed by atoms with van der Waals surface area (Å²) in [6, 6.07) is 1.22. The molecule has 0 spiro atoms. The van der Waals surface area contributed by atoms with Crippen LogP contribution in [-0.4, -0.2) is 7.05 Å². The van der Waals surface area contributed by atoms with Crippen molar-refractivity contribution in [3.63, 3.8) is 0 Å². The molecule has 1 aromatic rings. The van der Waals surface area contributed by atoms with Gasteiger partial charge in [-0.3, -0.25) is 0 Å². The van der Waals surface area contributed by atoms with Crippen molar-refractivity contribution in [3.8, 4) is 0 Å². The van der Waals surface area contributed by atoms with Crippen molar-refractivity contribution < 1.29 is 8.78 Å². The first-order chi connectivity index (χ1) is 7.49. The second-order valence-corrected chi connectivity index (χ2v) is 4.73. The highest BCUT2D eigenvalue weighted by Crippen LogP contribution is 2.47. The fourth-order valence-electron chi connectivity index (χ4n) is 2.78. The molecule has 0 amide bonds. The van der Waals surface area contributed by atoms with Gasteiger partial charge in [-0.25, -0.2) is 8.78 Å². The fourth-order valence-corrected chi connectivity index (χ4v) is 2.78. The van der Waals surface area contributed by atoms with E-state index >= 15 is 0 Å². The average molecular weight is 225 g/mol. The monoisotopic (exact) mass is 225 g/mol. The third-order valence-electron chi connectivity index (χ3n) is 3.87. The quantitative estimate of drug-likeness (QED) is 0.773. The van der Waals surface area contributed by atoms with Gasteiger partial charge in [0.1, 0.15) is 11.6 Å². The number of rotatable bonds is 1. The second kappa shape index (κ2) is 3.81. The molecule has 3 unspecified atom stereocenters. The van der Waals surface area contributed by atoms with Gasteiger partial charge < -0.3 is 5.32 Å². The van der Waals surface area contributed by atoms with Crippen LogP contribution in [0.3, 0.4) is 0 Å². The Hall–Kier alpha value is -0.960. The standard InChI is InChI=1S/C13H17F2N/c1-6-5-9(14)10-7(2)8(3)13(16-4)11(10)12(6)15/h5,7-8,13,16H,1-4H3. The van der Waals surface area contributed by atoms with E-state index in [-0.39, 0.29) is 29.5 Å². The highest BCUT2D eigenvalue weighted by molar-refractivity contribution is 5.43. The summed E-state index contributed by atoms with van der Waals surface area (Å²) in [5.41, 5.74) is 1.47. The highest BCUT2D eigenvalue weighted by atomic mass is 19.1. The molecule has 0 heterocycles. The molecule has 3 heteroatoms. The van der Waals surface area contributed by atoms with E-state index in [0.717, 1.165) is 0 Å². The summed E-state index contributed by atoms with van der Waals surface area (Å²) in [7, 11) is 1.79. The summed E-state index contributed by atoms with van der Waals surface area (Å²) in [4.78, 5) is 0. The Morgan fingerprint density at radius 2 is 1.81 bits per heavy atom. The van der Waals surface area contributed by atoms with Crippen LogP contribution in [0, 0.1) is 24.5 Å². The smallest absolute Gasteiger partial charge is 0.131 e. The van der Waals surface area contributed by atoms with E-state index in [0.29, 0.717) is 16.7 Å². The van der Waals surface area contributed by atoms with Gasteiger partial charge in [-0.1, -0.05) is 13.8 Å². The van der Waals surface area contributed by atoms with Gasteiger partial charge in [-0.15, -0.1) is 0 Å². The van der Waals surface area contributed by atoms with E-state index in [1.54, 1.807) is 14.0 Å². The fraction of sp³-hybridized carbons (Fsp3) is 0.538. The second-order valence-electron chi connectivity index (χ2n) is 4.73. The zero-order valence-electron chi connectivity index (χ0n) is 10.1. The molecule has 0 radical (unpaired) electrons. The lowest BCUT2D eigenvalue weighted by Gasteiger charge is -2.18. The van der Waals surface area contributed by atoms with Gasteiger partial charge in [0.15, 0.2) is 0 Å². The molecule has 0 bridgehead atoms. The summed E-state index contributed by atoms with van der Waals surface area (Å²) >= 11 is 0.